The van der Waals surface area contributed by atoms with Gasteiger partial charge in [-0.25, -0.2) is 0 Å². The fourth-order valence-corrected chi connectivity index (χ4v) is 2.36. The molecule has 5 nitrogen and oxygen atoms in total. The summed E-state index contributed by atoms with van der Waals surface area (Å²) in [6, 6.07) is 2.74. The molecule has 0 aliphatic rings. The number of hydrogen-bond donors (Lipinski definition) is 1. The van der Waals surface area contributed by atoms with E-state index in [1.165, 1.54) is 6.20 Å². The molecule has 0 spiro atoms. The van der Waals surface area contributed by atoms with Crippen LogP contribution < -0.4 is 10.1 Å². The number of carbonyl (C=O) groups is 1. The van der Waals surface area contributed by atoms with Crippen LogP contribution in [0, 0.1) is 0 Å². The maximum atomic E-state index is 12.9. The average Bonchev–Trinajstić information content (AvgIpc) is 2.97. The van der Waals surface area contributed by atoms with E-state index in [0.29, 0.717) is 13.2 Å². The number of amides is 1. The van der Waals surface area contributed by atoms with Crippen molar-refractivity contribution in [2.24, 2.45) is 0 Å². The number of anilines is 1. The zero-order chi connectivity index (χ0) is 19.3. The number of aromatic nitrogens is 2. The Balaban J connectivity index is 2.29. The van der Waals surface area contributed by atoms with Gasteiger partial charge >= 0.3 is 6.18 Å². The number of carbonyl (C=O) groups excluding carboxylic acids is 1. The Bertz CT molecular complexity index is 775. The van der Waals surface area contributed by atoms with Crippen LogP contribution in [0.2, 0.25) is 5.02 Å². The van der Waals surface area contributed by atoms with Gasteiger partial charge in [0, 0.05) is 12.7 Å². The molecule has 0 atom stereocenters. The summed E-state index contributed by atoms with van der Waals surface area (Å²) in [6.45, 7) is 4.81. The first kappa shape index (κ1) is 20.1. The van der Waals surface area contributed by atoms with Gasteiger partial charge in [-0.3, -0.25) is 9.48 Å². The molecule has 1 N–H and O–H groups in total. The van der Waals surface area contributed by atoms with Crippen molar-refractivity contribution in [2.75, 3.05) is 11.9 Å². The molecule has 2 aromatic rings. The number of nitrogens with zero attached hydrogens (tertiary/aromatic N) is 2. The monoisotopic (exact) mass is 389 g/mol. The van der Waals surface area contributed by atoms with Gasteiger partial charge < -0.3 is 10.1 Å². The van der Waals surface area contributed by atoms with Crippen molar-refractivity contribution < 1.29 is 22.7 Å². The Morgan fingerprint density at radius 2 is 2.04 bits per heavy atom. The SMILES string of the molecule is CCCOc1nn(CCC)cc1C(=O)Nc1cc(C(F)(F)F)ccc1Cl. The van der Waals surface area contributed by atoms with Gasteiger partial charge in [0.1, 0.15) is 5.56 Å². The van der Waals surface area contributed by atoms with Crippen LogP contribution in [0.4, 0.5) is 18.9 Å². The van der Waals surface area contributed by atoms with Crippen LogP contribution in [0.1, 0.15) is 42.6 Å². The molecule has 9 heteroatoms. The number of halogens is 4. The zero-order valence-electron chi connectivity index (χ0n) is 14.4. The number of ether oxygens (including phenoxy) is 1. The third-order valence-corrected chi connectivity index (χ3v) is 3.74. The number of alkyl halides is 3. The third kappa shape index (κ3) is 4.91. The second-order valence-corrected chi connectivity index (χ2v) is 6.01. The van der Waals surface area contributed by atoms with Crippen LogP contribution in [0.5, 0.6) is 5.88 Å². The highest BCUT2D eigenvalue weighted by atomic mass is 35.5. The Kier molecular flexibility index (Phi) is 6.52. The molecule has 26 heavy (non-hydrogen) atoms. The lowest BCUT2D eigenvalue weighted by Gasteiger charge is -2.11. The predicted molar refractivity (Wildman–Crippen MR) is 92.7 cm³/mol. The Morgan fingerprint density at radius 1 is 1.31 bits per heavy atom. The normalized spacial score (nSPS) is 11.5. The number of rotatable bonds is 7. The second kappa shape index (κ2) is 8.44. The molecule has 0 radical (unpaired) electrons. The summed E-state index contributed by atoms with van der Waals surface area (Å²) in [5.41, 5.74) is -0.891. The fraction of sp³-hybridized carbons (Fsp3) is 0.412. The maximum Gasteiger partial charge on any atom is 0.416 e. The van der Waals surface area contributed by atoms with E-state index in [9.17, 15) is 18.0 Å². The molecule has 1 amide bonds. The van der Waals surface area contributed by atoms with Crippen LogP contribution in [0.25, 0.3) is 0 Å². The van der Waals surface area contributed by atoms with E-state index in [-0.39, 0.29) is 22.2 Å². The lowest BCUT2D eigenvalue weighted by atomic mass is 10.2. The summed E-state index contributed by atoms with van der Waals surface area (Å²) in [5.74, 6) is -0.499. The predicted octanol–water partition coefficient (Wildman–Crippen LogP) is 5.01. The quantitative estimate of drug-likeness (QED) is 0.724. The van der Waals surface area contributed by atoms with E-state index in [4.69, 9.17) is 16.3 Å². The highest BCUT2D eigenvalue weighted by molar-refractivity contribution is 6.34. The molecule has 0 aliphatic heterocycles. The van der Waals surface area contributed by atoms with Crippen LogP contribution in [-0.4, -0.2) is 22.3 Å². The number of nitrogens with one attached hydrogen (secondary N) is 1. The minimum atomic E-state index is -4.54. The molecule has 1 aromatic heterocycles. The highest BCUT2D eigenvalue weighted by Gasteiger charge is 2.31. The van der Waals surface area contributed by atoms with Crippen molar-refractivity contribution in [1.29, 1.82) is 0 Å². The molecule has 2 rings (SSSR count). The number of aryl methyl sites for hydroxylation is 1. The van der Waals surface area contributed by atoms with Gasteiger partial charge in [0.2, 0.25) is 5.88 Å². The van der Waals surface area contributed by atoms with Crippen molar-refractivity contribution in [3.05, 3.63) is 40.5 Å². The molecule has 1 heterocycles. The van der Waals surface area contributed by atoms with Gasteiger partial charge in [0.05, 0.1) is 22.9 Å². The van der Waals surface area contributed by atoms with Crippen LogP contribution >= 0.6 is 11.6 Å². The Labute approximate surface area is 154 Å². The van der Waals surface area contributed by atoms with Gasteiger partial charge in [-0.05, 0) is 31.0 Å². The van der Waals surface area contributed by atoms with Gasteiger partial charge in [-0.1, -0.05) is 25.4 Å². The van der Waals surface area contributed by atoms with Crippen LogP contribution in [0.15, 0.2) is 24.4 Å². The van der Waals surface area contributed by atoms with E-state index in [0.717, 1.165) is 31.0 Å². The molecule has 0 unspecified atom stereocenters. The third-order valence-electron chi connectivity index (χ3n) is 3.41. The summed E-state index contributed by atoms with van der Waals surface area (Å²) < 4.78 is 45.6. The minimum absolute atomic E-state index is 0.00308. The number of benzene rings is 1. The lowest BCUT2D eigenvalue weighted by Crippen LogP contribution is -2.14. The molecular formula is C17H19ClF3N3O2. The fourth-order valence-electron chi connectivity index (χ4n) is 2.20. The molecule has 0 aliphatic carbocycles. The van der Waals surface area contributed by atoms with E-state index >= 15 is 0 Å². The second-order valence-electron chi connectivity index (χ2n) is 5.61. The zero-order valence-corrected chi connectivity index (χ0v) is 15.1. The summed E-state index contributed by atoms with van der Waals surface area (Å²) >= 11 is 5.92. The van der Waals surface area contributed by atoms with Crippen LogP contribution in [0.3, 0.4) is 0 Å². The van der Waals surface area contributed by atoms with Crippen molar-refractivity contribution >= 4 is 23.2 Å². The van der Waals surface area contributed by atoms with E-state index in [1.54, 1.807) is 4.68 Å². The topological polar surface area (TPSA) is 56.2 Å². The molecule has 1 aromatic carbocycles. The van der Waals surface area contributed by atoms with Crippen molar-refractivity contribution in [3.8, 4) is 5.88 Å². The van der Waals surface area contributed by atoms with Crippen molar-refractivity contribution in [3.63, 3.8) is 0 Å². The molecule has 0 saturated carbocycles. The van der Waals surface area contributed by atoms with E-state index in [1.807, 2.05) is 13.8 Å². The maximum absolute atomic E-state index is 12.9. The van der Waals surface area contributed by atoms with Gasteiger partial charge in [0.25, 0.3) is 5.91 Å². The number of hydrogen-bond acceptors (Lipinski definition) is 3. The van der Waals surface area contributed by atoms with Gasteiger partial charge in [-0.15, -0.1) is 5.10 Å². The first-order chi connectivity index (χ1) is 12.3. The molecule has 142 valence electrons. The van der Waals surface area contributed by atoms with Crippen molar-refractivity contribution in [1.82, 2.24) is 9.78 Å². The highest BCUT2D eigenvalue weighted by Crippen LogP contribution is 2.34. The first-order valence-electron chi connectivity index (χ1n) is 8.14. The van der Waals surface area contributed by atoms with Crippen LogP contribution in [-0.2, 0) is 12.7 Å². The van der Waals surface area contributed by atoms with E-state index in [2.05, 4.69) is 10.4 Å². The molecular weight excluding hydrogens is 371 g/mol. The van der Waals surface area contributed by atoms with Crippen molar-refractivity contribution in [2.45, 2.75) is 39.4 Å². The van der Waals surface area contributed by atoms with E-state index < -0.39 is 17.6 Å². The smallest absolute Gasteiger partial charge is 0.416 e. The molecule has 0 bridgehead atoms. The largest absolute Gasteiger partial charge is 0.476 e. The lowest BCUT2D eigenvalue weighted by molar-refractivity contribution is -0.137. The Hall–Kier alpha value is -2.22. The molecule has 0 fully saturated rings. The van der Waals surface area contributed by atoms with Gasteiger partial charge in [0.15, 0.2) is 0 Å². The summed E-state index contributed by atoms with van der Waals surface area (Å²) in [7, 11) is 0. The summed E-state index contributed by atoms with van der Waals surface area (Å²) in [6.07, 6.45) is -1.51. The van der Waals surface area contributed by atoms with Gasteiger partial charge in [-0.2, -0.15) is 13.2 Å². The molecule has 0 saturated heterocycles. The average molecular weight is 390 g/mol. The first-order valence-corrected chi connectivity index (χ1v) is 8.52. The standard InChI is InChI=1S/C17H19ClF3N3O2/c1-3-7-24-10-12(16(23-24)26-8-4-2)15(25)22-14-9-11(17(19,20)21)5-6-13(14)18/h5-6,9-10H,3-4,7-8H2,1-2H3,(H,22,25). The minimum Gasteiger partial charge on any atom is -0.476 e. The Morgan fingerprint density at radius 3 is 2.65 bits per heavy atom. The summed E-state index contributed by atoms with van der Waals surface area (Å²) in [4.78, 5) is 12.5. The summed E-state index contributed by atoms with van der Waals surface area (Å²) in [5, 5.41) is 6.61.